The van der Waals surface area contributed by atoms with E-state index in [1.54, 1.807) is 0 Å². The van der Waals surface area contributed by atoms with Gasteiger partial charge in [-0.05, 0) is 45.5 Å². The molecule has 96 valence electrons. The van der Waals surface area contributed by atoms with Gasteiger partial charge >= 0.3 is 0 Å². The molecule has 4 heteroatoms. The maximum absolute atomic E-state index is 6.13. The molecule has 0 amide bonds. The third-order valence-corrected chi connectivity index (χ3v) is 4.01. The number of pyridine rings is 1. The first-order valence-electron chi connectivity index (χ1n) is 6.56. The van der Waals surface area contributed by atoms with Crippen LogP contribution in [0, 0.1) is 6.92 Å². The van der Waals surface area contributed by atoms with Crippen molar-refractivity contribution in [1.29, 1.82) is 0 Å². The molecule has 0 bridgehead atoms. The highest BCUT2D eigenvalue weighted by Crippen LogP contribution is 2.33. The van der Waals surface area contributed by atoms with E-state index < -0.39 is 0 Å². The largest absolute Gasteiger partial charge is 0.328 e. The number of nitrogens with two attached hydrogens (primary N) is 1. The smallest absolute Gasteiger partial charge is 0.0712 e. The van der Waals surface area contributed by atoms with Gasteiger partial charge in [0.25, 0.3) is 0 Å². The molecule has 2 aromatic rings. The molecule has 1 saturated heterocycles. The summed E-state index contributed by atoms with van der Waals surface area (Å²) in [7, 11) is 2.18. The second-order valence-electron chi connectivity index (χ2n) is 5.31. The molecular formula is C14H20N4. The predicted molar refractivity (Wildman–Crippen MR) is 72.5 cm³/mol. The van der Waals surface area contributed by atoms with Gasteiger partial charge in [-0.25, -0.2) is 4.52 Å². The van der Waals surface area contributed by atoms with Gasteiger partial charge in [-0.2, -0.15) is 5.10 Å². The number of aryl methyl sites for hydroxylation is 1. The number of piperidine rings is 1. The van der Waals surface area contributed by atoms with E-state index in [9.17, 15) is 0 Å². The highest BCUT2D eigenvalue weighted by Gasteiger charge is 2.29. The topological polar surface area (TPSA) is 46.6 Å². The van der Waals surface area contributed by atoms with Crippen molar-refractivity contribution < 1.29 is 0 Å². The second kappa shape index (κ2) is 4.37. The van der Waals surface area contributed by atoms with Crippen molar-refractivity contribution in [3.05, 3.63) is 35.7 Å². The van der Waals surface area contributed by atoms with E-state index in [0.717, 1.165) is 25.1 Å². The van der Waals surface area contributed by atoms with Gasteiger partial charge in [-0.1, -0.05) is 6.07 Å². The first-order valence-corrected chi connectivity index (χ1v) is 6.56. The summed E-state index contributed by atoms with van der Waals surface area (Å²) in [5, 5.41) is 4.60. The average Bonchev–Trinajstić information content (AvgIpc) is 2.68. The molecule has 1 aliphatic rings. The average molecular weight is 244 g/mol. The number of rotatable bonds is 1. The molecule has 1 aliphatic heterocycles. The second-order valence-corrected chi connectivity index (χ2v) is 5.31. The first-order chi connectivity index (χ1) is 8.66. The van der Waals surface area contributed by atoms with Gasteiger partial charge in [0.15, 0.2) is 0 Å². The minimum absolute atomic E-state index is 0.310. The fourth-order valence-electron chi connectivity index (χ4n) is 3.00. The van der Waals surface area contributed by atoms with Crippen molar-refractivity contribution in [2.45, 2.75) is 31.8 Å². The van der Waals surface area contributed by atoms with E-state index in [0.29, 0.717) is 12.1 Å². The highest BCUT2D eigenvalue weighted by atomic mass is 15.2. The lowest BCUT2D eigenvalue weighted by molar-refractivity contribution is 0.172. The van der Waals surface area contributed by atoms with E-state index in [-0.39, 0.29) is 0 Å². The number of hydrogen-bond donors (Lipinski definition) is 1. The van der Waals surface area contributed by atoms with Crippen LogP contribution in [0.5, 0.6) is 0 Å². The van der Waals surface area contributed by atoms with Crippen LogP contribution in [0.3, 0.4) is 0 Å². The maximum Gasteiger partial charge on any atom is 0.0712 e. The molecule has 0 aliphatic carbocycles. The Kier molecular flexibility index (Phi) is 2.84. The lowest BCUT2D eigenvalue weighted by Gasteiger charge is -2.35. The van der Waals surface area contributed by atoms with Crippen LogP contribution in [0.2, 0.25) is 0 Å². The molecule has 2 N–H and O–H groups in total. The zero-order valence-electron chi connectivity index (χ0n) is 11.0. The van der Waals surface area contributed by atoms with Crippen molar-refractivity contribution in [2.24, 2.45) is 5.73 Å². The Morgan fingerprint density at radius 2 is 2.22 bits per heavy atom. The van der Waals surface area contributed by atoms with Crippen LogP contribution in [-0.4, -0.2) is 34.1 Å². The number of fused-ring (bicyclic) bond motifs is 1. The molecule has 2 atom stereocenters. The summed E-state index contributed by atoms with van der Waals surface area (Å²) in [6, 6.07) is 6.93. The molecule has 1 fully saturated rings. The van der Waals surface area contributed by atoms with Crippen molar-refractivity contribution in [3.63, 3.8) is 0 Å². The van der Waals surface area contributed by atoms with E-state index in [1.807, 2.05) is 16.8 Å². The molecule has 18 heavy (non-hydrogen) atoms. The zero-order chi connectivity index (χ0) is 12.7. The molecule has 4 nitrogen and oxygen atoms in total. The van der Waals surface area contributed by atoms with Gasteiger partial charge in [0.1, 0.15) is 0 Å². The fourth-order valence-corrected chi connectivity index (χ4v) is 3.00. The standard InChI is InChI=1S/C14H20N4/c1-10-14(12-5-3-4-7-18(12)16-10)13-9-11(15)6-8-17(13)2/h3-5,7,11,13H,6,8-9,15H2,1-2H3. The normalized spacial score (nSPS) is 25.7. The first kappa shape index (κ1) is 11.7. The van der Waals surface area contributed by atoms with Crippen LogP contribution in [-0.2, 0) is 0 Å². The van der Waals surface area contributed by atoms with Crippen LogP contribution >= 0.6 is 0 Å². The van der Waals surface area contributed by atoms with E-state index in [2.05, 4.69) is 36.1 Å². The number of aromatic nitrogens is 2. The number of likely N-dealkylation sites (tertiary alicyclic amines) is 1. The lowest BCUT2D eigenvalue weighted by atomic mass is 9.92. The number of hydrogen-bond acceptors (Lipinski definition) is 3. The summed E-state index contributed by atoms with van der Waals surface area (Å²) in [4.78, 5) is 2.40. The van der Waals surface area contributed by atoms with E-state index in [1.165, 1.54) is 11.1 Å². The zero-order valence-corrected chi connectivity index (χ0v) is 11.0. The third-order valence-electron chi connectivity index (χ3n) is 4.01. The van der Waals surface area contributed by atoms with Crippen LogP contribution < -0.4 is 5.73 Å². The molecule has 0 radical (unpaired) electrons. The Bertz CT molecular complexity index is 560. The molecule has 3 rings (SSSR count). The Morgan fingerprint density at radius 3 is 3.06 bits per heavy atom. The Labute approximate surface area is 107 Å². The van der Waals surface area contributed by atoms with Crippen molar-refractivity contribution in [1.82, 2.24) is 14.5 Å². The summed E-state index contributed by atoms with van der Waals surface area (Å²) in [5.41, 5.74) is 9.80. The van der Waals surface area contributed by atoms with Gasteiger partial charge in [-0.15, -0.1) is 0 Å². The van der Waals surface area contributed by atoms with Crippen LogP contribution in [0.1, 0.15) is 30.1 Å². The maximum atomic E-state index is 6.13. The van der Waals surface area contributed by atoms with Crippen molar-refractivity contribution in [2.75, 3.05) is 13.6 Å². The van der Waals surface area contributed by atoms with Gasteiger partial charge in [0.05, 0.1) is 11.2 Å². The summed E-state index contributed by atoms with van der Waals surface area (Å²) in [5.74, 6) is 0. The minimum atomic E-state index is 0.310. The van der Waals surface area contributed by atoms with Gasteiger partial charge < -0.3 is 5.73 Å². The Balaban J connectivity index is 2.10. The molecular weight excluding hydrogens is 224 g/mol. The summed E-state index contributed by atoms with van der Waals surface area (Å²) >= 11 is 0. The highest BCUT2D eigenvalue weighted by molar-refractivity contribution is 5.57. The molecule has 3 heterocycles. The monoisotopic (exact) mass is 244 g/mol. The van der Waals surface area contributed by atoms with Crippen LogP contribution in [0.25, 0.3) is 5.52 Å². The quantitative estimate of drug-likeness (QED) is 0.831. The Hall–Kier alpha value is -1.39. The van der Waals surface area contributed by atoms with Crippen LogP contribution in [0.4, 0.5) is 0 Å². The Morgan fingerprint density at radius 1 is 1.39 bits per heavy atom. The number of nitrogens with zero attached hydrogens (tertiary/aromatic N) is 3. The van der Waals surface area contributed by atoms with E-state index in [4.69, 9.17) is 5.73 Å². The van der Waals surface area contributed by atoms with Gasteiger partial charge in [0.2, 0.25) is 0 Å². The van der Waals surface area contributed by atoms with E-state index >= 15 is 0 Å². The predicted octanol–water partition coefficient (Wildman–Crippen LogP) is 1.74. The van der Waals surface area contributed by atoms with Gasteiger partial charge in [0, 0.05) is 23.8 Å². The fraction of sp³-hybridized carbons (Fsp3) is 0.500. The van der Waals surface area contributed by atoms with Gasteiger partial charge in [-0.3, -0.25) is 4.90 Å². The molecule has 0 aromatic carbocycles. The summed E-state index contributed by atoms with van der Waals surface area (Å²) < 4.78 is 1.97. The summed E-state index contributed by atoms with van der Waals surface area (Å²) in [6.45, 7) is 3.16. The SMILES string of the molecule is Cc1nn2ccccc2c1C1CC(N)CCN1C. The third kappa shape index (κ3) is 1.82. The molecule has 2 aromatic heterocycles. The molecule has 0 spiro atoms. The van der Waals surface area contributed by atoms with Crippen LogP contribution in [0.15, 0.2) is 24.4 Å². The minimum Gasteiger partial charge on any atom is -0.328 e. The molecule has 2 unspecified atom stereocenters. The lowest BCUT2D eigenvalue weighted by Crippen LogP contribution is -2.40. The summed E-state index contributed by atoms with van der Waals surface area (Å²) in [6.07, 6.45) is 4.12. The van der Waals surface area contributed by atoms with Crippen molar-refractivity contribution in [3.8, 4) is 0 Å². The van der Waals surface area contributed by atoms with Crippen molar-refractivity contribution >= 4 is 5.52 Å². The molecule has 0 saturated carbocycles.